The number of carboxylic acid groups (broad SMARTS) is 1. The third-order valence-electron chi connectivity index (χ3n) is 2.22. The fraction of sp³-hybridized carbons (Fsp3) is 0.385. The highest BCUT2D eigenvalue weighted by Crippen LogP contribution is 2.10. The van der Waals surface area contributed by atoms with Crippen molar-refractivity contribution in [2.24, 2.45) is 5.10 Å². The van der Waals surface area contributed by atoms with Gasteiger partial charge >= 0.3 is 5.97 Å². The van der Waals surface area contributed by atoms with Crippen LogP contribution in [0.25, 0.3) is 0 Å². The summed E-state index contributed by atoms with van der Waals surface area (Å²) in [6, 6.07) is 6.83. The zero-order chi connectivity index (χ0) is 13.1. The van der Waals surface area contributed by atoms with Gasteiger partial charge in [0.2, 0.25) is 0 Å². The summed E-state index contributed by atoms with van der Waals surface area (Å²) < 4.78 is 0.504. The Morgan fingerprint density at radius 1 is 1.18 bits per heavy atom. The van der Waals surface area contributed by atoms with Crippen molar-refractivity contribution >= 4 is 11.7 Å². The normalized spacial score (nSPS) is 12.6. The molecule has 4 heteroatoms. The van der Waals surface area contributed by atoms with E-state index in [1.54, 1.807) is 24.3 Å². The maximum atomic E-state index is 10.7. The fourth-order valence-corrected chi connectivity index (χ4v) is 1.50. The van der Waals surface area contributed by atoms with Gasteiger partial charge in [-0.2, -0.15) is 0 Å². The molecule has 0 saturated carbocycles. The molecule has 0 saturated heterocycles. The largest absolute Gasteiger partial charge is 0.478 e. The van der Waals surface area contributed by atoms with Crippen molar-refractivity contribution < 1.29 is 14.5 Å². The number of hydrogen-bond acceptors (Lipinski definition) is 2. The number of carbonyl (C=O) groups is 1. The second-order valence-electron chi connectivity index (χ2n) is 4.72. The lowest BCUT2D eigenvalue weighted by Crippen LogP contribution is -2.29. The molecular weight excluding hydrogens is 216 g/mol. The molecule has 1 aromatic carbocycles. The Morgan fingerprint density at radius 2 is 1.65 bits per heavy atom. The monoisotopic (exact) mass is 235 g/mol. The van der Waals surface area contributed by atoms with Gasteiger partial charge in [-0.25, -0.2) is 9.39 Å². The van der Waals surface area contributed by atoms with Gasteiger partial charge in [0.25, 0.3) is 0 Å². The molecule has 0 atom stereocenters. The Morgan fingerprint density at radius 3 is 2.00 bits per heavy atom. The Kier molecular flexibility index (Phi) is 4.02. The van der Waals surface area contributed by atoms with Crippen LogP contribution in [0.3, 0.4) is 0 Å². The molecular formula is C13H19N2O2+. The van der Waals surface area contributed by atoms with E-state index in [-0.39, 0.29) is 0 Å². The summed E-state index contributed by atoms with van der Waals surface area (Å²) in [7, 11) is 5.96. The van der Waals surface area contributed by atoms with Gasteiger partial charge in [0.05, 0.1) is 26.7 Å². The van der Waals surface area contributed by atoms with Crippen LogP contribution in [-0.2, 0) is 0 Å². The van der Waals surface area contributed by atoms with Crippen molar-refractivity contribution in [3.05, 3.63) is 35.4 Å². The minimum absolute atomic E-state index is 0.300. The van der Waals surface area contributed by atoms with Gasteiger partial charge in [-0.05, 0) is 18.6 Å². The van der Waals surface area contributed by atoms with Gasteiger partial charge in [-0.1, -0.05) is 24.2 Å². The maximum absolute atomic E-state index is 10.7. The van der Waals surface area contributed by atoms with Gasteiger partial charge in [0, 0.05) is 5.56 Å². The van der Waals surface area contributed by atoms with E-state index in [2.05, 4.69) is 5.10 Å². The van der Waals surface area contributed by atoms with Gasteiger partial charge < -0.3 is 5.11 Å². The van der Waals surface area contributed by atoms with Crippen LogP contribution in [0.15, 0.2) is 29.4 Å². The molecule has 1 rings (SSSR count). The van der Waals surface area contributed by atoms with Crippen molar-refractivity contribution in [2.75, 3.05) is 21.1 Å². The number of quaternary nitrogens is 1. The van der Waals surface area contributed by atoms with Crippen LogP contribution in [0.5, 0.6) is 0 Å². The predicted molar refractivity (Wildman–Crippen MR) is 68.3 cm³/mol. The predicted octanol–water partition coefficient (Wildman–Crippen LogP) is 2.21. The quantitative estimate of drug-likeness (QED) is 0.494. The molecule has 0 heterocycles. The van der Waals surface area contributed by atoms with Crippen LogP contribution in [0.2, 0.25) is 0 Å². The molecule has 4 nitrogen and oxygen atoms in total. The van der Waals surface area contributed by atoms with Crippen molar-refractivity contribution in [2.45, 2.75) is 13.3 Å². The first kappa shape index (κ1) is 13.4. The maximum Gasteiger partial charge on any atom is 0.335 e. The number of aromatic carboxylic acids is 1. The van der Waals surface area contributed by atoms with E-state index in [0.29, 0.717) is 10.2 Å². The van der Waals surface area contributed by atoms with E-state index in [9.17, 15) is 4.79 Å². The Labute approximate surface area is 102 Å². The summed E-state index contributed by atoms with van der Waals surface area (Å²) in [5.41, 5.74) is 2.26. The van der Waals surface area contributed by atoms with Crippen LogP contribution in [0, 0.1) is 0 Å². The number of benzene rings is 1. The van der Waals surface area contributed by atoms with E-state index in [4.69, 9.17) is 5.11 Å². The first-order valence-electron chi connectivity index (χ1n) is 5.58. The average molecular weight is 235 g/mol. The Bertz CT molecular complexity index is 428. The molecule has 1 aromatic rings. The minimum Gasteiger partial charge on any atom is -0.478 e. The van der Waals surface area contributed by atoms with Gasteiger partial charge in [-0.15, -0.1) is 0 Å². The summed E-state index contributed by atoms with van der Waals surface area (Å²) in [5, 5.41) is 13.4. The standard InChI is InChI=1S/C13H18N2O2/c1-5-12(14-15(2,3)4)10-6-8-11(9-7-10)13(16)17/h6-9H,5H2,1-4H3/p+1/b14-12+. The lowest BCUT2D eigenvalue weighted by Gasteiger charge is -2.17. The number of nitrogens with zero attached hydrogens (tertiary/aromatic N) is 2. The average Bonchev–Trinajstić information content (AvgIpc) is 2.25. The molecule has 0 radical (unpaired) electrons. The summed E-state index contributed by atoms with van der Waals surface area (Å²) in [5.74, 6) is -0.905. The van der Waals surface area contributed by atoms with E-state index in [1.807, 2.05) is 28.1 Å². The van der Waals surface area contributed by atoms with Crippen LogP contribution >= 0.6 is 0 Å². The minimum atomic E-state index is -0.905. The highest BCUT2D eigenvalue weighted by molar-refractivity contribution is 6.00. The molecule has 17 heavy (non-hydrogen) atoms. The molecule has 1 N–H and O–H groups in total. The van der Waals surface area contributed by atoms with E-state index >= 15 is 0 Å². The van der Waals surface area contributed by atoms with E-state index < -0.39 is 5.97 Å². The van der Waals surface area contributed by atoms with E-state index in [0.717, 1.165) is 17.7 Å². The SMILES string of the molecule is CC/C(=N\[N+](C)(C)C)c1ccc(C(=O)O)cc1. The van der Waals surface area contributed by atoms with Crippen LogP contribution in [0.4, 0.5) is 0 Å². The number of rotatable bonds is 4. The molecule has 0 amide bonds. The fourth-order valence-electron chi connectivity index (χ4n) is 1.50. The summed E-state index contributed by atoms with van der Waals surface area (Å²) in [6.07, 6.45) is 0.821. The first-order valence-corrected chi connectivity index (χ1v) is 5.58. The Balaban J connectivity index is 3.06. The van der Waals surface area contributed by atoms with Crippen molar-refractivity contribution in [1.82, 2.24) is 0 Å². The molecule has 0 fully saturated rings. The topological polar surface area (TPSA) is 49.7 Å². The van der Waals surface area contributed by atoms with Crippen LogP contribution < -0.4 is 0 Å². The molecule has 0 aliphatic carbocycles. The van der Waals surface area contributed by atoms with Crippen LogP contribution in [0.1, 0.15) is 29.3 Å². The molecule has 0 aliphatic rings. The molecule has 0 spiro atoms. The van der Waals surface area contributed by atoms with Crippen LogP contribution in [-0.4, -0.2) is 42.5 Å². The summed E-state index contributed by atoms with van der Waals surface area (Å²) in [4.78, 5) is 10.7. The molecule has 0 aromatic heterocycles. The van der Waals surface area contributed by atoms with Crippen molar-refractivity contribution in [3.8, 4) is 0 Å². The van der Waals surface area contributed by atoms with Gasteiger partial charge in [0.1, 0.15) is 5.71 Å². The second-order valence-corrected chi connectivity index (χ2v) is 4.72. The lowest BCUT2D eigenvalue weighted by atomic mass is 10.1. The zero-order valence-corrected chi connectivity index (χ0v) is 10.8. The highest BCUT2D eigenvalue weighted by atomic mass is 16.4. The molecule has 0 aliphatic heterocycles. The molecule has 92 valence electrons. The smallest absolute Gasteiger partial charge is 0.335 e. The zero-order valence-electron chi connectivity index (χ0n) is 10.8. The second kappa shape index (κ2) is 5.10. The third kappa shape index (κ3) is 4.00. The van der Waals surface area contributed by atoms with Crippen molar-refractivity contribution in [1.29, 1.82) is 0 Å². The molecule has 0 unspecified atom stereocenters. The van der Waals surface area contributed by atoms with Gasteiger partial charge in [-0.3, -0.25) is 0 Å². The van der Waals surface area contributed by atoms with Gasteiger partial charge in [0.15, 0.2) is 0 Å². The van der Waals surface area contributed by atoms with E-state index in [1.165, 1.54) is 0 Å². The summed E-state index contributed by atoms with van der Waals surface area (Å²) >= 11 is 0. The Hall–Kier alpha value is -1.68. The lowest BCUT2D eigenvalue weighted by molar-refractivity contribution is -0.877. The number of hydrogen-bond donors (Lipinski definition) is 1. The highest BCUT2D eigenvalue weighted by Gasteiger charge is 2.10. The number of carboxylic acids is 1. The van der Waals surface area contributed by atoms with Crippen molar-refractivity contribution in [3.63, 3.8) is 0 Å². The first-order chi connectivity index (χ1) is 7.83. The third-order valence-corrected chi connectivity index (χ3v) is 2.22. The summed E-state index contributed by atoms with van der Waals surface area (Å²) in [6.45, 7) is 2.04. The molecule has 0 bridgehead atoms.